The molecule has 3 aromatic rings. The van der Waals surface area contributed by atoms with Crippen LogP contribution >= 0.6 is 0 Å². The summed E-state index contributed by atoms with van der Waals surface area (Å²) in [6.45, 7) is 5.41. The summed E-state index contributed by atoms with van der Waals surface area (Å²) in [6.07, 6.45) is 0.497. The molecule has 0 bridgehead atoms. The minimum Gasteiger partial charge on any atom is -0.493 e. The average Bonchev–Trinajstić information content (AvgIpc) is 2.96. The van der Waals surface area contributed by atoms with Crippen LogP contribution in [0.1, 0.15) is 25.0 Å². The van der Waals surface area contributed by atoms with E-state index in [0.29, 0.717) is 24.5 Å². The molecule has 2 amide bonds. The summed E-state index contributed by atoms with van der Waals surface area (Å²) in [5, 5.41) is 2.76. The molecule has 0 saturated heterocycles. The van der Waals surface area contributed by atoms with E-state index in [1.807, 2.05) is 37.3 Å². The highest BCUT2D eigenvalue weighted by molar-refractivity contribution is 7.92. The number of aryl methyl sites for hydroxylation is 1. The molecular formula is C30H37N3O6S. The van der Waals surface area contributed by atoms with E-state index in [9.17, 15) is 18.0 Å². The fourth-order valence-corrected chi connectivity index (χ4v) is 5.64. The molecule has 0 fully saturated rings. The fraction of sp³-hybridized carbons (Fsp3) is 0.333. The lowest BCUT2D eigenvalue weighted by Gasteiger charge is -2.32. The number of carbonyl (C=O) groups excluding carboxylic acids is 2. The number of anilines is 1. The van der Waals surface area contributed by atoms with Crippen molar-refractivity contribution < 1.29 is 27.5 Å². The summed E-state index contributed by atoms with van der Waals surface area (Å²) in [5.41, 5.74) is 2.11. The third kappa shape index (κ3) is 7.32. The molecule has 0 unspecified atom stereocenters. The van der Waals surface area contributed by atoms with Gasteiger partial charge in [-0.25, -0.2) is 8.42 Å². The quantitative estimate of drug-likeness (QED) is 0.337. The lowest BCUT2D eigenvalue weighted by Crippen LogP contribution is -2.52. The van der Waals surface area contributed by atoms with Gasteiger partial charge < -0.3 is 19.7 Å². The lowest BCUT2D eigenvalue weighted by atomic mass is 10.1. The van der Waals surface area contributed by atoms with Crippen molar-refractivity contribution >= 4 is 27.5 Å². The Balaban J connectivity index is 2.03. The van der Waals surface area contributed by atoms with Gasteiger partial charge in [0, 0.05) is 19.2 Å². The van der Waals surface area contributed by atoms with Gasteiger partial charge in [0.05, 0.1) is 24.8 Å². The minimum absolute atomic E-state index is 0.0355. The highest BCUT2D eigenvalue weighted by Crippen LogP contribution is 2.34. The molecule has 0 saturated carbocycles. The van der Waals surface area contributed by atoms with Crippen LogP contribution < -0.4 is 19.1 Å². The number of sulfonamides is 1. The number of amides is 2. The smallest absolute Gasteiger partial charge is 0.264 e. The number of nitrogens with zero attached hydrogens (tertiary/aromatic N) is 2. The topological polar surface area (TPSA) is 105 Å². The van der Waals surface area contributed by atoms with E-state index in [-0.39, 0.29) is 23.0 Å². The number of benzene rings is 3. The van der Waals surface area contributed by atoms with Gasteiger partial charge >= 0.3 is 0 Å². The number of nitrogens with one attached hydrogen (secondary N) is 1. The first-order chi connectivity index (χ1) is 19.1. The van der Waals surface area contributed by atoms with Gasteiger partial charge in [-0.15, -0.1) is 0 Å². The van der Waals surface area contributed by atoms with Gasteiger partial charge in [0.15, 0.2) is 11.5 Å². The SMILES string of the molecule is CCNC(=O)[C@H](C)N(CCc1ccccc1)C(=O)CN(c1ccc(OC)c(OC)c1)S(=O)(=O)c1ccc(C)cc1. The molecule has 0 aliphatic rings. The third-order valence-electron chi connectivity index (χ3n) is 6.55. The van der Waals surface area contributed by atoms with Crippen molar-refractivity contribution in [1.29, 1.82) is 0 Å². The Morgan fingerprint density at radius 1 is 0.925 bits per heavy atom. The second-order valence-electron chi connectivity index (χ2n) is 9.26. The Hall–Kier alpha value is -4.05. The molecule has 0 aromatic heterocycles. The predicted octanol–water partition coefficient (Wildman–Crippen LogP) is 3.80. The number of rotatable bonds is 13. The molecule has 3 rings (SSSR count). The highest BCUT2D eigenvalue weighted by atomic mass is 32.2. The number of hydrogen-bond donors (Lipinski definition) is 1. The maximum absolute atomic E-state index is 13.9. The van der Waals surface area contributed by atoms with Gasteiger partial charge in [-0.3, -0.25) is 13.9 Å². The van der Waals surface area contributed by atoms with Gasteiger partial charge in [-0.2, -0.15) is 0 Å². The largest absolute Gasteiger partial charge is 0.493 e. The van der Waals surface area contributed by atoms with Gasteiger partial charge in [0.25, 0.3) is 10.0 Å². The standard InChI is InChI=1S/C30H37N3O6S/c1-6-31-30(35)23(3)32(19-18-24-10-8-7-9-11-24)29(34)21-33(25-14-17-27(38-4)28(20-25)39-5)40(36,37)26-15-12-22(2)13-16-26/h7-17,20,23H,6,18-19,21H2,1-5H3,(H,31,35)/t23-/m0/s1. The second kappa shape index (κ2) is 13.8. The summed E-state index contributed by atoms with van der Waals surface area (Å²) in [5.74, 6) is -0.101. The normalized spacial score (nSPS) is 11.8. The van der Waals surface area contributed by atoms with Gasteiger partial charge in [0.2, 0.25) is 11.8 Å². The number of ether oxygens (including phenoxy) is 2. The summed E-state index contributed by atoms with van der Waals surface area (Å²) in [6, 6.07) is 19.8. The molecule has 0 heterocycles. The summed E-state index contributed by atoms with van der Waals surface area (Å²) in [4.78, 5) is 28.1. The van der Waals surface area contributed by atoms with Crippen molar-refractivity contribution in [3.8, 4) is 11.5 Å². The van der Waals surface area contributed by atoms with E-state index in [1.54, 1.807) is 38.1 Å². The predicted molar refractivity (Wildman–Crippen MR) is 155 cm³/mol. The second-order valence-corrected chi connectivity index (χ2v) is 11.1. The van der Waals surface area contributed by atoms with Crippen molar-refractivity contribution in [3.05, 3.63) is 83.9 Å². The van der Waals surface area contributed by atoms with E-state index in [0.717, 1.165) is 15.4 Å². The number of hydrogen-bond acceptors (Lipinski definition) is 6. The molecule has 0 aliphatic heterocycles. The van der Waals surface area contributed by atoms with Gasteiger partial charge in [0.1, 0.15) is 12.6 Å². The number of methoxy groups -OCH3 is 2. The summed E-state index contributed by atoms with van der Waals surface area (Å²) in [7, 11) is -1.25. The monoisotopic (exact) mass is 567 g/mol. The van der Waals surface area contributed by atoms with E-state index >= 15 is 0 Å². The first-order valence-electron chi connectivity index (χ1n) is 13.0. The van der Waals surface area contributed by atoms with Crippen LogP contribution in [0.25, 0.3) is 0 Å². The van der Waals surface area contributed by atoms with Crippen molar-refractivity contribution in [1.82, 2.24) is 10.2 Å². The highest BCUT2D eigenvalue weighted by Gasteiger charge is 2.32. The molecule has 0 aliphatic carbocycles. The summed E-state index contributed by atoms with van der Waals surface area (Å²) >= 11 is 0. The molecule has 1 atom stereocenters. The molecule has 1 N–H and O–H groups in total. The molecule has 40 heavy (non-hydrogen) atoms. The Morgan fingerprint density at radius 2 is 1.57 bits per heavy atom. The maximum atomic E-state index is 13.9. The molecule has 9 nitrogen and oxygen atoms in total. The zero-order valence-electron chi connectivity index (χ0n) is 23.6. The van der Waals surface area contributed by atoms with Crippen LogP contribution in [-0.2, 0) is 26.0 Å². The van der Waals surface area contributed by atoms with Crippen molar-refractivity contribution in [2.75, 3.05) is 38.2 Å². The summed E-state index contributed by atoms with van der Waals surface area (Å²) < 4.78 is 39.7. The Bertz CT molecular complexity index is 1390. The van der Waals surface area contributed by atoms with Crippen LogP contribution in [0, 0.1) is 6.92 Å². The van der Waals surface area contributed by atoms with Crippen LogP contribution in [-0.4, -0.2) is 65.0 Å². The third-order valence-corrected chi connectivity index (χ3v) is 8.33. The maximum Gasteiger partial charge on any atom is 0.264 e. The zero-order valence-corrected chi connectivity index (χ0v) is 24.4. The Kier molecular flexibility index (Phi) is 10.6. The van der Waals surface area contributed by atoms with Gasteiger partial charge in [-0.05, 0) is 57.0 Å². The lowest BCUT2D eigenvalue weighted by molar-refractivity contribution is -0.138. The van der Waals surface area contributed by atoms with E-state index < -0.39 is 28.5 Å². The first kappa shape index (κ1) is 30.5. The van der Waals surface area contributed by atoms with E-state index in [4.69, 9.17) is 9.47 Å². The van der Waals surface area contributed by atoms with Crippen LogP contribution in [0.3, 0.4) is 0 Å². The van der Waals surface area contributed by atoms with Crippen LogP contribution in [0.5, 0.6) is 11.5 Å². The Morgan fingerprint density at radius 3 is 2.17 bits per heavy atom. The molecule has 3 aromatic carbocycles. The number of likely N-dealkylation sites (N-methyl/N-ethyl adjacent to an activating group) is 1. The molecule has 0 spiro atoms. The molecular weight excluding hydrogens is 530 g/mol. The first-order valence-corrected chi connectivity index (χ1v) is 14.5. The number of carbonyl (C=O) groups is 2. The molecule has 214 valence electrons. The minimum atomic E-state index is -4.18. The van der Waals surface area contributed by atoms with E-state index in [2.05, 4.69) is 5.32 Å². The van der Waals surface area contributed by atoms with Crippen LogP contribution in [0.4, 0.5) is 5.69 Å². The molecule has 10 heteroatoms. The van der Waals surface area contributed by atoms with Gasteiger partial charge in [-0.1, -0.05) is 48.0 Å². The van der Waals surface area contributed by atoms with Crippen molar-refractivity contribution in [2.45, 2.75) is 38.1 Å². The average molecular weight is 568 g/mol. The van der Waals surface area contributed by atoms with Crippen molar-refractivity contribution in [3.63, 3.8) is 0 Å². The Labute approximate surface area is 236 Å². The van der Waals surface area contributed by atoms with Crippen LogP contribution in [0.2, 0.25) is 0 Å². The molecule has 0 radical (unpaired) electrons. The zero-order chi connectivity index (χ0) is 29.3. The fourth-order valence-electron chi connectivity index (χ4n) is 4.24. The van der Waals surface area contributed by atoms with Crippen LogP contribution in [0.15, 0.2) is 77.7 Å². The van der Waals surface area contributed by atoms with Crippen molar-refractivity contribution in [2.24, 2.45) is 0 Å². The van der Waals surface area contributed by atoms with E-state index in [1.165, 1.54) is 37.3 Å².